The van der Waals surface area contributed by atoms with Crippen molar-refractivity contribution in [1.82, 2.24) is 0 Å². The quantitative estimate of drug-likeness (QED) is 0.0480. The molecule has 0 spiro atoms. The highest BCUT2D eigenvalue weighted by atomic mass is 16.5. The number of hydrogen-bond donors (Lipinski definition) is 1. The highest BCUT2D eigenvalue weighted by molar-refractivity contribution is 6.00. The standard InChI is InChI=1S/C50H61N3O6/c1-12-37(39-15-19-41(51-8)20-16-39)25-35(6)32-53-46-30-50(48(57-11)28-44(46)36(7)54)59-24-14-23-58-49-29-45(43(33(3)4)27-47(49)56-10)52-31-34(5)26-38(13-2)40-17-21-42(55-9)22-18-40/h12-13,15-22,27-32,34-35,51H,3,14,23-26H2,1-2,4-11H3/b37-12+,38-13+,52-31?,53-32?/t34-,35-/m0/s1. The van der Waals surface area contributed by atoms with Crippen LogP contribution >= 0.6 is 0 Å². The van der Waals surface area contributed by atoms with Gasteiger partial charge in [-0.1, -0.05) is 56.8 Å². The van der Waals surface area contributed by atoms with Crippen LogP contribution < -0.4 is 29.0 Å². The van der Waals surface area contributed by atoms with Gasteiger partial charge in [0.2, 0.25) is 0 Å². The van der Waals surface area contributed by atoms with Gasteiger partial charge in [-0.2, -0.15) is 0 Å². The van der Waals surface area contributed by atoms with E-state index in [9.17, 15) is 4.79 Å². The number of carbonyl (C=O) groups excluding carboxylic acids is 1. The number of ketones is 1. The molecule has 0 aromatic heterocycles. The molecule has 0 heterocycles. The smallest absolute Gasteiger partial charge is 0.163 e. The lowest BCUT2D eigenvalue weighted by molar-refractivity contribution is 0.101. The molecule has 0 aliphatic heterocycles. The normalized spacial score (nSPS) is 13.0. The molecule has 0 unspecified atom stereocenters. The second-order valence-electron chi connectivity index (χ2n) is 14.5. The van der Waals surface area contributed by atoms with Gasteiger partial charge in [0.05, 0.1) is 45.9 Å². The molecule has 0 amide bonds. The van der Waals surface area contributed by atoms with Gasteiger partial charge in [-0.15, -0.1) is 0 Å². The summed E-state index contributed by atoms with van der Waals surface area (Å²) in [5.74, 6) is 3.14. The van der Waals surface area contributed by atoms with Gasteiger partial charge >= 0.3 is 0 Å². The average molecular weight is 800 g/mol. The lowest BCUT2D eigenvalue weighted by atomic mass is 9.95. The molecule has 312 valence electrons. The fourth-order valence-corrected chi connectivity index (χ4v) is 6.58. The van der Waals surface area contributed by atoms with Crippen molar-refractivity contribution >= 4 is 52.0 Å². The number of aliphatic imine (C=N–C) groups is 2. The maximum atomic E-state index is 12.7. The van der Waals surface area contributed by atoms with Crippen molar-refractivity contribution in [2.75, 3.05) is 46.9 Å². The predicted octanol–water partition coefficient (Wildman–Crippen LogP) is 12.5. The van der Waals surface area contributed by atoms with Gasteiger partial charge < -0.3 is 29.0 Å². The van der Waals surface area contributed by atoms with Crippen LogP contribution in [0.5, 0.6) is 28.7 Å². The Kier molecular flexibility index (Phi) is 17.6. The summed E-state index contributed by atoms with van der Waals surface area (Å²) in [7, 11) is 6.76. The largest absolute Gasteiger partial charge is 0.497 e. The van der Waals surface area contributed by atoms with Gasteiger partial charge in [-0.25, -0.2) is 0 Å². The van der Waals surface area contributed by atoms with Crippen LogP contribution in [0.25, 0.3) is 16.7 Å². The average Bonchev–Trinajstić information content (AvgIpc) is 3.25. The first-order chi connectivity index (χ1) is 28.4. The monoisotopic (exact) mass is 799 g/mol. The zero-order valence-electron chi connectivity index (χ0n) is 36.5. The van der Waals surface area contributed by atoms with E-state index in [1.165, 1.54) is 23.6 Å². The predicted molar refractivity (Wildman–Crippen MR) is 246 cm³/mol. The number of benzene rings is 4. The fraction of sp³-hybridized carbons (Fsp3) is 0.340. The number of rotatable bonds is 22. The molecule has 0 bridgehead atoms. The maximum Gasteiger partial charge on any atom is 0.163 e. The number of nitrogens with one attached hydrogen (secondary N) is 1. The molecule has 0 saturated carbocycles. The summed E-state index contributed by atoms with van der Waals surface area (Å²) in [5.41, 5.74) is 9.37. The summed E-state index contributed by atoms with van der Waals surface area (Å²) < 4.78 is 29.1. The molecular weight excluding hydrogens is 739 g/mol. The number of anilines is 1. The second-order valence-corrected chi connectivity index (χ2v) is 14.5. The summed E-state index contributed by atoms with van der Waals surface area (Å²) in [6, 6.07) is 23.8. The van der Waals surface area contributed by atoms with E-state index in [2.05, 4.69) is 81.2 Å². The topological polar surface area (TPSA) is 100.0 Å². The van der Waals surface area contributed by atoms with Crippen molar-refractivity contribution in [3.63, 3.8) is 0 Å². The van der Waals surface area contributed by atoms with Crippen LogP contribution in [0.4, 0.5) is 17.1 Å². The molecule has 1 N–H and O–H groups in total. The van der Waals surface area contributed by atoms with Crippen molar-refractivity contribution in [3.8, 4) is 28.7 Å². The van der Waals surface area contributed by atoms with Gasteiger partial charge in [-0.05, 0) is 117 Å². The molecule has 0 saturated heterocycles. The van der Waals surface area contributed by atoms with Crippen molar-refractivity contribution in [3.05, 3.63) is 114 Å². The minimum absolute atomic E-state index is 0.109. The first-order valence-electron chi connectivity index (χ1n) is 20.1. The lowest BCUT2D eigenvalue weighted by Crippen LogP contribution is -2.07. The molecule has 4 rings (SSSR count). The first-order valence-corrected chi connectivity index (χ1v) is 20.1. The van der Waals surface area contributed by atoms with Gasteiger partial charge in [0.1, 0.15) is 5.75 Å². The molecule has 4 aromatic carbocycles. The Morgan fingerprint density at radius 1 is 0.678 bits per heavy atom. The van der Waals surface area contributed by atoms with E-state index in [4.69, 9.17) is 33.7 Å². The second kappa shape index (κ2) is 22.7. The molecule has 0 aliphatic carbocycles. The van der Waals surface area contributed by atoms with E-state index >= 15 is 0 Å². The van der Waals surface area contributed by atoms with E-state index in [0.29, 0.717) is 53.9 Å². The van der Waals surface area contributed by atoms with Gasteiger partial charge in [0, 0.05) is 54.8 Å². The van der Waals surface area contributed by atoms with Gasteiger partial charge in [-0.3, -0.25) is 14.8 Å². The maximum absolute atomic E-state index is 12.7. The van der Waals surface area contributed by atoms with E-state index in [-0.39, 0.29) is 17.6 Å². The number of nitrogens with zero attached hydrogens (tertiary/aromatic N) is 2. The summed E-state index contributed by atoms with van der Waals surface area (Å²) in [4.78, 5) is 22.4. The fourth-order valence-electron chi connectivity index (χ4n) is 6.58. The Morgan fingerprint density at radius 3 is 1.54 bits per heavy atom. The molecule has 9 nitrogen and oxygen atoms in total. The highest BCUT2D eigenvalue weighted by Crippen LogP contribution is 2.39. The van der Waals surface area contributed by atoms with E-state index < -0.39 is 0 Å². The zero-order valence-corrected chi connectivity index (χ0v) is 36.5. The third-order valence-electron chi connectivity index (χ3n) is 9.93. The van der Waals surface area contributed by atoms with Crippen molar-refractivity contribution < 1.29 is 28.5 Å². The van der Waals surface area contributed by atoms with Crippen molar-refractivity contribution in [2.24, 2.45) is 21.8 Å². The molecule has 0 fully saturated rings. The Bertz CT molecular complexity index is 2000. The van der Waals surface area contributed by atoms with E-state index in [0.717, 1.165) is 46.7 Å². The summed E-state index contributed by atoms with van der Waals surface area (Å²) in [6.07, 6.45) is 10.3. The Hall–Kier alpha value is -6.09. The molecule has 9 heteroatoms. The summed E-state index contributed by atoms with van der Waals surface area (Å²) in [6.45, 7) is 16.7. The van der Waals surface area contributed by atoms with Crippen LogP contribution in [0.3, 0.4) is 0 Å². The SMILES string of the molecule is C=C(C)c1cc(OC)c(OCCCOc2cc(N=C[C@@H](C)C/C(=C\C)c3ccc(NC)cc3)c(C(C)=O)cc2OC)cc1N=C[C@@H](C)C/C(=C\C)c1ccc(OC)cc1. The highest BCUT2D eigenvalue weighted by Gasteiger charge is 2.17. The van der Waals surface area contributed by atoms with Gasteiger partial charge in [0.25, 0.3) is 0 Å². The van der Waals surface area contributed by atoms with Crippen LogP contribution in [0.1, 0.15) is 87.9 Å². The van der Waals surface area contributed by atoms with Crippen molar-refractivity contribution in [1.29, 1.82) is 0 Å². The molecule has 0 aliphatic rings. The molecular formula is C50H61N3O6. The van der Waals surface area contributed by atoms with Crippen molar-refractivity contribution in [2.45, 2.75) is 60.8 Å². The first kappa shape index (κ1) is 45.6. The number of Topliss-reactive ketones (excluding diaryl/α,β-unsaturated/α-hetero) is 1. The molecule has 2 atom stereocenters. The Morgan fingerprint density at radius 2 is 1.14 bits per heavy atom. The minimum atomic E-state index is -0.109. The minimum Gasteiger partial charge on any atom is -0.497 e. The molecule has 0 radical (unpaired) electrons. The molecule has 59 heavy (non-hydrogen) atoms. The summed E-state index contributed by atoms with van der Waals surface area (Å²) >= 11 is 0. The number of hydrogen-bond acceptors (Lipinski definition) is 9. The number of carbonyl (C=O) groups is 1. The third-order valence-corrected chi connectivity index (χ3v) is 9.93. The summed E-state index contributed by atoms with van der Waals surface area (Å²) in [5, 5.41) is 3.16. The van der Waals surface area contributed by atoms with Crippen LogP contribution in [0.2, 0.25) is 0 Å². The number of methoxy groups -OCH3 is 3. The Balaban J connectivity index is 1.43. The third kappa shape index (κ3) is 13.0. The van der Waals surface area contributed by atoms with E-state index in [1.807, 2.05) is 57.6 Å². The zero-order chi connectivity index (χ0) is 42.9. The van der Waals surface area contributed by atoms with Gasteiger partial charge in [0.15, 0.2) is 28.8 Å². The van der Waals surface area contributed by atoms with Crippen LogP contribution in [-0.2, 0) is 0 Å². The Labute approximate surface area is 351 Å². The molecule has 4 aromatic rings. The van der Waals surface area contributed by atoms with Crippen LogP contribution in [0, 0.1) is 11.8 Å². The van der Waals surface area contributed by atoms with Crippen LogP contribution in [-0.4, -0.2) is 59.8 Å². The van der Waals surface area contributed by atoms with E-state index in [1.54, 1.807) is 33.5 Å². The lowest BCUT2D eigenvalue weighted by Gasteiger charge is -2.16. The van der Waals surface area contributed by atoms with Crippen LogP contribution in [0.15, 0.2) is 102 Å². The number of allylic oxidation sites excluding steroid dienone is 5. The number of ether oxygens (including phenoxy) is 5.